The Labute approximate surface area is 201 Å². The van der Waals surface area contributed by atoms with Gasteiger partial charge in [-0.2, -0.15) is 0 Å². The summed E-state index contributed by atoms with van der Waals surface area (Å²) in [5.74, 6) is 1.54. The predicted molar refractivity (Wildman–Crippen MR) is 137 cm³/mol. The second-order valence-electron chi connectivity index (χ2n) is 8.96. The number of methoxy groups -OCH3 is 1. The summed E-state index contributed by atoms with van der Waals surface area (Å²) in [5, 5.41) is 1.39. The molecule has 1 saturated heterocycles. The van der Waals surface area contributed by atoms with Crippen LogP contribution in [0.15, 0.2) is 48.7 Å². The van der Waals surface area contributed by atoms with Crippen molar-refractivity contribution in [2.45, 2.75) is 32.1 Å². The molecule has 174 valence electrons. The minimum absolute atomic E-state index is 0.515. The van der Waals surface area contributed by atoms with Gasteiger partial charge in [0.05, 0.1) is 17.8 Å². The first-order chi connectivity index (χ1) is 15.8. The van der Waals surface area contributed by atoms with E-state index in [-0.39, 0.29) is 0 Å². The first kappa shape index (κ1) is 23.8. The standard InChI is InChI=1S/C26H31ClN3O2P/c1-32-24-17-21(30-13-7-4-8-14-30)12-11-19(24)16-26-28-18-22(27)23(29-26)15-20-9-5-6-10-25(20)33(2,3)31/h5-6,9-12,17-18H,4,7-8,13-16H2,1-3H3. The smallest absolute Gasteiger partial charge is 0.133 e. The molecule has 1 aliphatic rings. The second kappa shape index (κ2) is 10.3. The largest absolute Gasteiger partial charge is 0.496 e. The molecule has 1 aromatic heterocycles. The van der Waals surface area contributed by atoms with E-state index in [1.807, 2.05) is 24.3 Å². The summed E-state index contributed by atoms with van der Waals surface area (Å²) < 4.78 is 18.5. The summed E-state index contributed by atoms with van der Waals surface area (Å²) in [4.78, 5) is 11.7. The third-order valence-corrected chi connectivity index (χ3v) is 8.05. The Morgan fingerprint density at radius 2 is 1.79 bits per heavy atom. The lowest BCUT2D eigenvalue weighted by Crippen LogP contribution is -2.29. The Morgan fingerprint density at radius 3 is 2.52 bits per heavy atom. The monoisotopic (exact) mass is 483 g/mol. The molecule has 33 heavy (non-hydrogen) atoms. The summed E-state index contributed by atoms with van der Waals surface area (Å²) in [6, 6.07) is 14.2. The molecule has 1 aliphatic heterocycles. The van der Waals surface area contributed by atoms with E-state index in [9.17, 15) is 4.57 Å². The number of aromatic nitrogens is 2. The van der Waals surface area contributed by atoms with Crippen molar-refractivity contribution < 1.29 is 9.30 Å². The highest BCUT2D eigenvalue weighted by atomic mass is 35.5. The lowest BCUT2D eigenvalue weighted by atomic mass is 10.1. The number of ether oxygens (including phenoxy) is 1. The summed E-state index contributed by atoms with van der Waals surface area (Å²) >= 11 is 6.46. The minimum Gasteiger partial charge on any atom is -0.496 e. The third-order valence-electron chi connectivity index (χ3n) is 6.14. The van der Waals surface area contributed by atoms with Gasteiger partial charge in [0.2, 0.25) is 0 Å². The highest BCUT2D eigenvalue weighted by molar-refractivity contribution is 7.70. The van der Waals surface area contributed by atoms with Crippen molar-refractivity contribution in [1.82, 2.24) is 9.97 Å². The molecule has 0 aliphatic carbocycles. The molecule has 0 unspecified atom stereocenters. The molecule has 0 bridgehead atoms. The van der Waals surface area contributed by atoms with Crippen LogP contribution in [0.4, 0.5) is 5.69 Å². The van der Waals surface area contributed by atoms with Crippen molar-refractivity contribution >= 4 is 29.7 Å². The van der Waals surface area contributed by atoms with Gasteiger partial charge in [-0.3, -0.25) is 0 Å². The highest BCUT2D eigenvalue weighted by Crippen LogP contribution is 2.36. The first-order valence-corrected chi connectivity index (χ1v) is 14.4. The maximum Gasteiger partial charge on any atom is 0.133 e. The van der Waals surface area contributed by atoms with Gasteiger partial charge in [-0.05, 0) is 44.2 Å². The Morgan fingerprint density at radius 1 is 1.03 bits per heavy atom. The third kappa shape index (κ3) is 5.77. The highest BCUT2D eigenvalue weighted by Gasteiger charge is 2.18. The van der Waals surface area contributed by atoms with Crippen LogP contribution < -0.4 is 14.9 Å². The number of rotatable bonds is 7. The van der Waals surface area contributed by atoms with Gasteiger partial charge in [0.25, 0.3) is 0 Å². The molecule has 0 spiro atoms. The lowest BCUT2D eigenvalue weighted by molar-refractivity contribution is 0.410. The molecule has 7 heteroatoms. The predicted octanol–water partition coefficient (Wildman–Crippen LogP) is 5.56. The fourth-order valence-corrected chi connectivity index (χ4v) is 5.87. The number of benzene rings is 2. The number of nitrogens with zero attached hydrogens (tertiary/aromatic N) is 3. The molecular formula is C26H31ClN3O2P. The number of halogens is 1. The normalized spacial score (nSPS) is 14.4. The zero-order valence-corrected chi connectivity index (χ0v) is 21.2. The van der Waals surface area contributed by atoms with Crippen molar-refractivity contribution in [2.75, 3.05) is 38.4 Å². The molecular weight excluding hydrogens is 453 g/mol. The van der Waals surface area contributed by atoms with Gasteiger partial charge in [-0.25, -0.2) is 9.97 Å². The van der Waals surface area contributed by atoms with Crippen LogP contribution in [-0.2, 0) is 17.4 Å². The van der Waals surface area contributed by atoms with Crippen molar-refractivity contribution in [2.24, 2.45) is 0 Å². The van der Waals surface area contributed by atoms with Crippen molar-refractivity contribution in [3.8, 4) is 5.75 Å². The first-order valence-electron chi connectivity index (χ1n) is 11.4. The van der Waals surface area contributed by atoms with Crippen LogP contribution in [0.5, 0.6) is 5.75 Å². The van der Waals surface area contributed by atoms with Crippen LogP contribution in [0.2, 0.25) is 5.02 Å². The van der Waals surface area contributed by atoms with E-state index in [1.165, 1.54) is 24.9 Å². The van der Waals surface area contributed by atoms with Crippen LogP contribution in [-0.4, -0.2) is 43.5 Å². The van der Waals surface area contributed by atoms with E-state index in [0.29, 0.717) is 23.7 Å². The summed E-state index contributed by atoms with van der Waals surface area (Å²) in [5.41, 5.74) is 3.97. The van der Waals surface area contributed by atoms with E-state index < -0.39 is 7.14 Å². The molecule has 4 rings (SSSR count). The van der Waals surface area contributed by atoms with Gasteiger partial charge >= 0.3 is 0 Å². The molecule has 0 saturated carbocycles. The molecule has 0 amide bonds. The number of hydrogen-bond donors (Lipinski definition) is 0. The molecule has 0 radical (unpaired) electrons. The Balaban J connectivity index is 1.58. The Kier molecular flexibility index (Phi) is 7.41. The average molecular weight is 484 g/mol. The lowest BCUT2D eigenvalue weighted by Gasteiger charge is -2.29. The van der Waals surface area contributed by atoms with Crippen LogP contribution in [0.25, 0.3) is 0 Å². The average Bonchev–Trinajstić information content (AvgIpc) is 2.81. The molecule has 1 fully saturated rings. The van der Waals surface area contributed by atoms with Crippen LogP contribution >= 0.6 is 18.7 Å². The quantitative estimate of drug-likeness (QED) is 0.412. The Hall–Kier alpha value is -2.36. The zero-order valence-electron chi connectivity index (χ0n) is 19.6. The van der Waals surface area contributed by atoms with Gasteiger partial charge in [0.1, 0.15) is 18.7 Å². The molecule has 2 heterocycles. The number of anilines is 1. The maximum atomic E-state index is 12.7. The molecule has 5 nitrogen and oxygen atoms in total. The van der Waals surface area contributed by atoms with Crippen LogP contribution in [0.1, 0.15) is 41.9 Å². The zero-order chi connectivity index (χ0) is 23.4. The molecule has 0 atom stereocenters. The minimum atomic E-state index is -2.41. The Bertz CT molecular complexity index is 1170. The van der Waals surface area contributed by atoms with Crippen LogP contribution in [0.3, 0.4) is 0 Å². The number of piperidine rings is 1. The second-order valence-corrected chi connectivity index (χ2v) is 12.5. The van der Waals surface area contributed by atoms with Gasteiger partial charge in [-0.1, -0.05) is 41.9 Å². The van der Waals surface area contributed by atoms with Crippen molar-refractivity contribution in [3.63, 3.8) is 0 Å². The summed E-state index contributed by atoms with van der Waals surface area (Å²) in [6.07, 6.45) is 6.51. The number of hydrogen-bond acceptors (Lipinski definition) is 5. The topological polar surface area (TPSA) is 55.3 Å². The van der Waals surface area contributed by atoms with Gasteiger partial charge in [-0.15, -0.1) is 0 Å². The SMILES string of the molecule is COc1cc(N2CCCCC2)ccc1Cc1ncc(Cl)c(Cc2ccccc2P(C)(C)=O)n1. The van der Waals surface area contributed by atoms with Crippen molar-refractivity contribution in [3.05, 3.63) is 76.3 Å². The maximum absolute atomic E-state index is 12.7. The molecule has 3 aromatic rings. The molecule has 0 N–H and O–H groups in total. The van der Waals surface area contributed by atoms with E-state index in [2.05, 4.69) is 28.1 Å². The van der Waals surface area contributed by atoms with E-state index >= 15 is 0 Å². The van der Waals surface area contributed by atoms with Gasteiger partial charge < -0.3 is 14.2 Å². The van der Waals surface area contributed by atoms with Crippen LogP contribution in [0, 0.1) is 0 Å². The molecule has 2 aromatic carbocycles. The van der Waals surface area contributed by atoms with E-state index in [0.717, 1.165) is 41.0 Å². The summed E-state index contributed by atoms with van der Waals surface area (Å²) in [6.45, 7) is 5.77. The van der Waals surface area contributed by atoms with E-state index in [1.54, 1.807) is 26.6 Å². The fourth-order valence-electron chi connectivity index (χ4n) is 4.42. The summed E-state index contributed by atoms with van der Waals surface area (Å²) in [7, 11) is -0.703. The van der Waals surface area contributed by atoms with Crippen molar-refractivity contribution in [1.29, 1.82) is 0 Å². The van der Waals surface area contributed by atoms with Gasteiger partial charge in [0, 0.05) is 54.7 Å². The van der Waals surface area contributed by atoms with E-state index in [4.69, 9.17) is 21.3 Å². The van der Waals surface area contributed by atoms with Gasteiger partial charge in [0.15, 0.2) is 0 Å². The fraction of sp³-hybridized carbons (Fsp3) is 0.385.